The fourth-order valence-electron chi connectivity index (χ4n) is 2.03. The summed E-state index contributed by atoms with van der Waals surface area (Å²) in [5, 5.41) is 4.78. The third-order valence-electron chi connectivity index (χ3n) is 2.82. The van der Waals surface area contributed by atoms with Crippen LogP contribution in [0.15, 0.2) is 36.5 Å². The van der Waals surface area contributed by atoms with Crippen LogP contribution in [-0.2, 0) is 0 Å². The number of hydrogen-bond acceptors (Lipinski definition) is 2. The predicted molar refractivity (Wildman–Crippen MR) is 71.1 cm³/mol. The van der Waals surface area contributed by atoms with Crippen LogP contribution in [0.25, 0.3) is 0 Å². The van der Waals surface area contributed by atoms with Crippen molar-refractivity contribution in [2.24, 2.45) is 5.92 Å². The van der Waals surface area contributed by atoms with Crippen molar-refractivity contribution in [3.63, 3.8) is 0 Å². The van der Waals surface area contributed by atoms with Crippen molar-refractivity contribution >= 4 is 17.4 Å². The molecule has 2 aromatic rings. The Labute approximate surface area is 106 Å². The summed E-state index contributed by atoms with van der Waals surface area (Å²) < 4.78 is 1.79. The van der Waals surface area contributed by atoms with Gasteiger partial charge in [0.05, 0.1) is 12.2 Å². The van der Waals surface area contributed by atoms with Crippen molar-refractivity contribution in [2.45, 2.75) is 19.9 Å². The van der Waals surface area contributed by atoms with Gasteiger partial charge in [-0.1, -0.05) is 55.8 Å². The average molecular weight is 250 g/mol. The molecule has 0 saturated carbocycles. The quantitative estimate of drug-likeness (QED) is 0.907. The van der Waals surface area contributed by atoms with E-state index < -0.39 is 0 Å². The summed E-state index contributed by atoms with van der Waals surface area (Å²) in [6.07, 6.45) is 1.59. The number of hydrogen-bond donors (Lipinski definition) is 1. The number of anilines is 1. The van der Waals surface area contributed by atoms with Gasteiger partial charge in [-0.3, -0.25) is 0 Å². The Balaban J connectivity index is 2.47. The summed E-state index contributed by atoms with van der Waals surface area (Å²) in [4.78, 5) is 0. The van der Waals surface area contributed by atoms with Crippen molar-refractivity contribution in [1.82, 2.24) is 9.78 Å². The Hall–Kier alpha value is -1.48. The molecule has 0 aliphatic heterocycles. The minimum absolute atomic E-state index is 0.115. The van der Waals surface area contributed by atoms with Gasteiger partial charge in [-0.05, 0) is 11.5 Å². The molecule has 17 heavy (non-hydrogen) atoms. The van der Waals surface area contributed by atoms with Gasteiger partial charge < -0.3 is 5.73 Å². The molecule has 0 saturated heterocycles. The van der Waals surface area contributed by atoms with Crippen molar-refractivity contribution in [1.29, 1.82) is 0 Å². The van der Waals surface area contributed by atoms with E-state index in [-0.39, 0.29) is 6.04 Å². The third kappa shape index (κ3) is 2.29. The lowest BCUT2D eigenvalue weighted by atomic mass is 9.96. The molecule has 0 aliphatic rings. The Morgan fingerprint density at radius 3 is 2.35 bits per heavy atom. The molecular weight excluding hydrogens is 234 g/mol. The maximum atomic E-state index is 5.96. The van der Waals surface area contributed by atoms with E-state index >= 15 is 0 Å². The summed E-state index contributed by atoms with van der Waals surface area (Å²) in [5.41, 5.74) is 7.14. The first kappa shape index (κ1) is 12.0. The molecule has 1 unspecified atom stereocenters. The first-order valence-electron chi connectivity index (χ1n) is 5.64. The molecule has 0 radical (unpaired) electrons. The van der Waals surface area contributed by atoms with E-state index in [9.17, 15) is 0 Å². The zero-order chi connectivity index (χ0) is 12.4. The number of rotatable bonds is 3. The van der Waals surface area contributed by atoms with Gasteiger partial charge in [-0.25, -0.2) is 4.68 Å². The van der Waals surface area contributed by atoms with Crippen LogP contribution in [-0.4, -0.2) is 9.78 Å². The van der Waals surface area contributed by atoms with Crippen LogP contribution in [0, 0.1) is 5.92 Å². The van der Waals surface area contributed by atoms with Crippen LogP contribution in [0.3, 0.4) is 0 Å². The summed E-state index contributed by atoms with van der Waals surface area (Å²) in [7, 11) is 0. The molecular formula is C13H16ClN3. The molecule has 0 fully saturated rings. The molecule has 0 aliphatic carbocycles. The summed E-state index contributed by atoms with van der Waals surface area (Å²) in [6.45, 7) is 4.29. The predicted octanol–water partition coefficient (Wildman–Crippen LogP) is 3.36. The van der Waals surface area contributed by atoms with Crippen LogP contribution in [0.4, 0.5) is 5.82 Å². The highest BCUT2D eigenvalue weighted by Gasteiger charge is 2.21. The Bertz CT molecular complexity index is 491. The lowest BCUT2D eigenvalue weighted by Gasteiger charge is -2.23. The second-order valence-corrected chi connectivity index (χ2v) is 4.83. The van der Waals surface area contributed by atoms with E-state index in [0.29, 0.717) is 16.8 Å². The highest BCUT2D eigenvalue weighted by atomic mass is 35.5. The van der Waals surface area contributed by atoms with E-state index in [0.717, 1.165) is 0 Å². The van der Waals surface area contributed by atoms with Crippen LogP contribution in [0.5, 0.6) is 0 Å². The number of nitrogens with zero attached hydrogens (tertiary/aromatic N) is 2. The Morgan fingerprint density at radius 1 is 1.24 bits per heavy atom. The van der Waals surface area contributed by atoms with Crippen molar-refractivity contribution in [2.75, 3.05) is 5.73 Å². The monoisotopic (exact) mass is 249 g/mol. The lowest BCUT2D eigenvalue weighted by Crippen LogP contribution is -2.19. The number of benzene rings is 1. The van der Waals surface area contributed by atoms with Gasteiger partial charge in [-0.2, -0.15) is 5.10 Å². The molecule has 1 heterocycles. The van der Waals surface area contributed by atoms with E-state index in [1.54, 1.807) is 10.9 Å². The van der Waals surface area contributed by atoms with Crippen LogP contribution < -0.4 is 5.73 Å². The van der Waals surface area contributed by atoms with E-state index in [1.165, 1.54) is 5.56 Å². The molecule has 0 spiro atoms. The van der Waals surface area contributed by atoms with Gasteiger partial charge in [0.25, 0.3) is 0 Å². The highest BCUT2D eigenvalue weighted by Crippen LogP contribution is 2.30. The van der Waals surface area contributed by atoms with Crippen LogP contribution in [0.2, 0.25) is 5.02 Å². The molecule has 2 N–H and O–H groups in total. The van der Waals surface area contributed by atoms with Crippen molar-refractivity contribution in [3.05, 3.63) is 47.1 Å². The second-order valence-electron chi connectivity index (χ2n) is 4.42. The van der Waals surface area contributed by atoms with E-state index in [2.05, 4.69) is 31.1 Å². The first-order valence-corrected chi connectivity index (χ1v) is 6.02. The lowest BCUT2D eigenvalue weighted by molar-refractivity contribution is 0.407. The fraction of sp³-hybridized carbons (Fsp3) is 0.308. The molecule has 1 aromatic carbocycles. The minimum Gasteiger partial charge on any atom is -0.383 e. The van der Waals surface area contributed by atoms with Gasteiger partial charge in [0, 0.05) is 0 Å². The molecule has 1 atom stereocenters. The average Bonchev–Trinajstić information content (AvgIpc) is 2.63. The minimum atomic E-state index is 0.115. The summed E-state index contributed by atoms with van der Waals surface area (Å²) in [6, 6.07) is 10.3. The fourth-order valence-corrected chi connectivity index (χ4v) is 2.16. The third-order valence-corrected chi connectivity index (χ3v) is 3.11. The van der Waals surface area contributed by atoms with Gasteiger partial charge in [0.2, 0.25) is 0 Å². The first-order chi connectivity index (χ1) is 8.11. The van der Waals surface area contributed by atoms with Gasteiger partial charge >= 0.3 is 0 Å². The summed E-state index contributed by atoms with van der Waals surface area (Å²) >= 11 is 5.96. The molecule has 2 rings (SSSR count). The number of aromatic nitrogens is 2. The normalized spacial score (nSPS) is 12.9. The maximum Gasteiger partial charge on any atom is 0.141 e. The second kappa shape index (κ2) is 4.80. The maximum absolute atomic E-state index is 5.96. The smallest absolute Gasteiger partial charge is 0.141 e. The van der Waals surface area contributed by atoms with E-state index in [1.807, 2.05) is 18.2 Å². The zero-order valence-electron chi connectivity index (χ0n) is 9.97. The Kier molecular flexibility index (Phi) is 3.38. The molecule has 4 heteroatoms. The number of nitrogen functional groups attached to an aromatic ring is 1. The van der Waals surface area contributed by atoms with Crippen LogP contribution in [0.1, 0.15) is 25.5 Å². The molecule has 3 nitrogen and oxygen atoms in total. The van der Waals surface area contributed by atoms with E-state index in [4.69, 9.17) is 17.3 Å². The SMILES string of the molecule is CC(C)C(c1ccccc1)n1ncc(Cl)c1N. The number of halogens is 1. The van der Waals surface area contributed by atoms with Gasteiger partial charge in [0.1, 0.15) is 10.8 Å². The van der Waals surface area contributed by atoms with Crippen LogP contribution >= 0.6 is 11.6 Å². The Morgan fingerprint density at radius 2 is 1.88 bits per heavy atom. The van der Waals surface area contributed by atoms with Crippen molar-refractivity contribution in [3.8, 4) is 0 Å². The molecule has 90 valence electrons. The topological polar surface area (TPSA) is 43.8 Å². The highest BCUT2D eigenvalue weighted by molar-refractivity contribution is 6.32. The number of nitrogens with two attached hydrogens (primary N) is 1. The molecule has 0 bridgehead atoms. The van der Waals surface area contributed by atoms with Gasteiger partial charge in [-0.15, -0.1) is 0 Å². The molecule has 1 aromatic heterocycles. The standard InChI is InChI=1S/C13H16ClN3/c1-9(2)12(10-6-4-3-5-7-10)17-13(15)11(14)8-16-17/h3-9,12H,15H2,1-2H3. The largest absolute Gasteiger partial charge is 0.383 e. The summed E-state index contributed by atoms with van der Waals surface area (Å²) in [5.74, 6) is 0.907. The molecule has 0 amide bonds. The van der Waals surface area contributed by atoms with Gasteiger partial charge in [0.15, 0.2) is 0 Å². The zero-order valence-corrected chi connectivity index (χ0v) is 10.7. The van der Waals surface area contributed by atoms with Crippen molar-refractivity contribution < 1.29 is 0 Å².